The quantitative estimate of drug-likeness (QED) is 0.305. The summed E-state index contributed by atoms with van der Waals surface area (Å²) in [7, 11) is 0. The molecule has 174 valence electrons. The number of rotatable bonds is 12. The molecule has 1 atom stereocenters. The van der Waals surface area contributed by atoms with Crippen LogP contribution in [0, 0.1) is 0 Å². The maximum atomic E-state index is 11.4. The van der Waals surface area contributed by atoms with Gasteiger partial charge in [-0.1, -0.05) is 37.3 Å². The fourth-order valence-corrected chi connectivity index (χ4v) is 3.28. The highest BCUT2D eigenvalue weighted by Crippen LogP contribution is 2.29. The van der Waals surface area contributed by atoms with Gasteiger partial charge in [0.1, 0.15) is 29.4 Å². The molecule has 7 heteroatoms. The van der Waals surface area contributed by atoms with Crippen LogP contribution >= 0.6 is 0 Å². The SMILES string of the molecule is CCCOc1cc(-c2ccc(OCCNC[C@@H](O)c3cccc(O)c3)cc2)ccc1C(=O)O. The van der Waals surface area contributed by atoms with Crippen LogP contribution in [-0.2, 0) is 0 Å². The number of aliphatic hydroxyl groups is 1. The lowest BCUT2D eigenvalue weighted by atomic mass is 10.0. The molecule has 3 aromatic carbocycles. The third-order valence-electron chi connectivity index (χ3n) is 5.00. The first kappa shape index (κ1) is 24.1. The van der Waals surface area contributed by atoms with E-state index in [0.717, 1.165) is 17.5 Å². The van der Waals surface area contributed by atoms with Gasteiger partial charge in [0.2, 0.25) is 0 Å². The monoisotopic (exact) mass is 451 g/mol. The van der Waals surface area contributed by atoms with Crippen molar-refractivity contribution in [1.82, 2.24) is 5.32 Å². The normalized spacial score (nSPS) is 11.7. The molecule has 4 N–H and O–H groups in total. The average molecular weight is 452 g/mol. The van der Waals surface area contributed by atoms with E-state index in [1.807, 2.05) is 31.2 Å². The molecule has 0 aliphatic heterocycles. The lowest BCUT2D eigenvalue weighted by Gasteiger charge is -2.13. The standard InChI is InChI=1S/C26H29NO6/c1-2-13-33-25-16-19(8-11-23(25)26(30)31)18-6-9-22(10-7-18)32-14-12-27-17-24(29)20-4-3-5-21(28)15-20/h3-11,15-16,24,27-29H,2,12-14,17H2,1H3,(H,30,31)/t24-/m1/s1. The number of phenols is 1. The Balaban J connectivity index is 1.50. The first-order chi connectivity index (χ1) is 16.0. The number of aliphatic hydroxyl groups excluding tert-OH is 1. The highest BCUT2D eigenvalue weighted by Gasteiger charge is 2.13. The lowest BCUT2D eigenvalue weighted by Crippen LogP contribution is -2.26. The highest BCUT2D eigenvalue weighted by molar-refractivity contribution is 5.92. The number of hydrogen-bond donors (Lipinski definition) is 4. The van der Waals surface area contributed by atoms with E-state index in [-0.39, 0.29) is 11.3 Å². The number of carboxylic acid groups (broad SMARTS) is 1. The second-order valence-electron chi connectivity index (χ2n) is 7.55. The molecule has 7 nitrogen and oxygen atoms in total. The molecule has 0 aliphatic carbocycles. The number of phenolic OH excluding ortho intramolecular Hbond substituents is 1. The fourth-order valence-electron chi connectivity index (χ4n) is 3.28. The first-order valence-electron chi connectivity index (χ1n) is 10.9. The van der Waals surface area contributed by atoms with Gasteiger partial charge in [-0.2, -0.15) is 0 Å². The molecule has 0 fully saturated rings. The van der Waals surface area contributed by atoms with Gasteiger partial charge in [-0.15, -0.1) is 0 Å². The molecular weight excluding hydrogens is 422 g/mol. The molecule has 0 heterocycles. The summed E-state index contributed by atoms with van der Waals surface area (Å²) < 4.78 is 11.4. The Morgan fingerprint density at radius 2 is 1.73 bits per heavy atom. The van der Waals surface area contributed by atoms with Crippen LogP contribution in [0.3, 0.4) is 0 Å². The van der Waals surface area contributed by atoms with Crippen molar-refractivity contribution < 1.29 is 29.6 Å². The number of hydrogen-bond acceptors (Lipinski definition) is 6. The van der Waals surface area contributed by atoms with Crippen molar-refractivity contribution in [1.29, 1.82) is 0 Å². The second kappa shape index (κ2) is 11.9. The molecule has 3 aromatic rings. The number of nitrogens with one attached hydrogen (secondary N) is 1. The number of ether oxygens (including phenoxy) is 2. The molecule has 0 amide bonds. The number of aromatic carboxylic acids is 1. The summed E-state index contributed by atoms with van der Waals surface area (Å²) in [6.45, 7) is 3.74. The fraction of sp³-hybridized carbons (Fsp3) is 0.269. The van der Waals surface area contributed by atoms with Crippen LogP contribution in [0.1, 0.15) is 35.4 Å². The molecule has 3 rings (SSSR count). The first-order valence-corrected chi connectivity index (χ1v) is 10.9. The summed E-state index contributed by atoms with van der Waals surface area (Å²) in [5.74, 6) is 0.181. The Labute approximate surface area is 193 Å². The number of aromatic hydroxyl groups is 1. The summed E-state index contributed by atoms with van der Waals surface area (Å²) in [5, 5.41) is 32.1. The van der Waals surface area contributed by atoms with E-state index >= 15 is 0 Å². The van der Waals surface area contributed by atoms with Crippen LogP contribution in [0.25, 0.3) is 11.1 Å². The summed E-state index contributed by atoms with van der Waals surface area (Å²) in [5.41, 5.74) is 2.58. The summed E-state index contributed by atoms with van der Waals surface area (Å²) in [4.78, 5) is 11.4. The minimum atomic E-state index is -1.01. The van der Waals surface area contributed by atoms with Gasteiger partial charge in [0.15, 0.2) is 0 Å². The minimum absolute atomic E-state index is 0.126. The smallest absolute Gasteiger partial charge is 0.339 e. The maximum absolute atomic E-state index is 11.4. The number of benzene rings is 3. The van der Waals surface area contributed by atoms with Crippen molar-refractivity contribution in [2.24, 2.45) is 0 Å². The Hall–Kier alpha value is -3.55. The van der Waals surface area contributed by atoms with E-state index in [4.69, 9.17) is 9.47 Å². The zero-order valence-corrected chi connectivity index (χ0v) is 18.5. The summed E-state index contributed by atoms with van der Waals surface area (Å²) in [6, 6.07) is 19.2. The van der Waals surface area contributed by atoms with E-state index in [1.165, 1.54) is 0 Å². The Morgan fingerprint density at radius 3 is 2.42 bits per heavy atom. The molecule has 0 spiro atoms. The number of carboxylic acids is 1. The topological polar surface area (TPSA) is 108 Å². The Morgan fingerprint density at radius 1 is 0.970 bits per heavy atom. The van der Waals surface area contributed by atoms with Crippen molar-refractivity contribution >= 4 is 5.97 Å². The van der Waals surface area contributed by atoms with Crippen molar-refractivity contribution in [2.75, 3.05) is 26.3 Å². The molecule has 0 aliphatic rings. The van der Waals surface area contributed by atoms with E-state index < -0.39 is 12.1 Å². The minimum Gasteiger partial charge on any atom is -0.508 e. The van der Waals surface area contributed by atoms with E-state index in [0.29, 0.717) is 43.4 Å². The van der Waals surface area contributed by atoms with Gasteiger partial charge < -0.3 is 30.1 Å². The zero-order valence-electron chi connectivity index (χ0n) is 18.5. The van der Waals surface area contributed by atoms with Gasteiger partial charge in [0.25, 0.3) is 0 Å². The van der Waals surface area contributed by atoms with Gasteiger partial charge in [0.05, 0.1) is 12.7 Å². The zero-order chi connectivity index (χ0) is 23.6. The van der Waals surface area contributed by atoms with Gasteiger partial charge in [-0.05, 0) is 59.5 Å². The largest absolute Gasteiger partial charge is 0.508 e. The van der Waals surface area contributed by atoms with Crippen LogP contribution in [0.15, 0.2) is 66.7 Å². The molecular formula is C26H29NO6. The van der Waals surface area contributed by atoms with E-state index in [9.17, 15) is 20.1 Å². The predicted molar refractivity (Wildman–Crippen MR) is 126 cm³/mol. The molecule has 0 radical (unpaired) electrons. The predicted octanol–water partition coefficient (Wildman–Crippen LogP) is 4.25. The van der Waals surface area contributed by atoms with Gasteiger partial charge in [-0.3, -0.25) is 0 Å². The third-order valence-corrected chi connectivity index (χ3v) is 5.00. The number of carbonyl (C=O) groups is 1. The van der Waals surface area contributed by atoms with Gasteiger partial charge >= 0.3 is 5.97 Å². The van der Waals surface area contributed by atoms with Crippen LogP contribution < -0.4 is 14.8 Å². The summed E-state index contributed by atoms with van der Waals surface area (Å²) in [6.07, 6.45) is 0.0778. The maximum Gasteiger partial charge on any atom is 0.339 e. The van der Waals surface area contributed by atoms with Crippen LogP contribution in [0.2, 0.25) is 0 Å². The third kappa shape index (κ3) is 6.97. The molecule has 0 saturated carbocycles. The van der Waals surface area contributed by atoms with Crippen molar-refractivity contribution in [3.63, 3.8) is 0 Å². The van der Waals surface area contributed by atoms with Gasteiger partial charge in [0, 0.05) is 13.1 Å². The molecule has 0 bridgehead atoms. The highest BCUT2D eigenvalue weighted by atomic mass is 16.5. The van der Waals surface area contributed by atoms with Crippen molar-refractivity contribution in [2.45, 2.75) is 19.4 Å². The van der Waals surface area contributed by atoms with E-state index in [1.54, 1.807) is 42.5 Å². The average Bonchev–Trinajstić information content (AvgIpc) is 2.82. The van der Waals surface area contributed by atoms with Crippen LogP contribution in [-0.4, -0.2) is 47.6 Å². The van der Waals surface area contributed by atoms with Crippen molar-refractivity contribution in [3.8, 4) is 28.4 Å². The van der Waals surface area contributed by atoms with Crippen LogP contribution in [0.5, 0.6) is 17.2 Å². The Bertz CT molecular complexity index is 1050. The lowest BCUT2D eigenvalue weighted by molar-refractivity contribution is 0.0692. The molecule has 0 unspecified atom stereocenters. The molecule has 0 aromatic heterocycles. The Kier molecular flexibility index (Phi) is 8.69. The second-order valence-corrected chi connectivity index (χ2v) is 7.55. The van der Waals surface area contributed by atoms with Crippen LogP contribution in [0.4, 0.5) is 0 Å². The molecule has 33 heavy (non-hydrogen) atoms. The van der Waals surface area contributed by atoms with E-state index in [2.05, 4.69) is 5.32 Å². The summed E-state index contributed by atoms with van der Waals surface area (Å²) >= 11 is 0. The van der Waals surface area contributed by atoms with Crippen molar-refractivity contribution in [3.05, 3.63) is 77.9 Å². The molecule has 0 saturated heterocycles. The van der Waals surface area contributed by atoms with Gasteiger partial charge in [-0.25, -0.2) is 4.79 Å².